The summed E-state index contributed by atoms with van der Waals surface area (Å²) in [5.74, 6) is -1.10. The monoisotopic (exact) mass is 238 g/mol. The van der Waals surface area contributed by atoms with Gasteiger partial charge in [0.05, 0.1) is 17.6 Å². The summed E-state index contributed by atoms with van der Waals surface area (Å²) in [5, 5.41) is 2.84. The summed E-state index contributed by atoms with van der Waals surface area (Å²) in [6.45, 7) is 3.09. The van der Waals surface area contributed by atoms with E-state index in [2.05, 4.69) is 5.32 Å². The third-order valence-corrected chi connectivity index (χ3v) is 2.22. The standard InChI is InChI=1S/C12H15FN2O2/c1-12(2,7-16)15-8-3-4-9(10(13)5-8)11(17)6-14/h3-5,7,15H,6,14H2,1-2H3. The second kappa shape index (κ2) is 5.05. The zero-order chi connectivity index (χ0) is 13.1. The molecule has 3 N–H and O–H groups in total. The van der Waals surface area contributed by atoms with Crippen molar-refractivity contribution in [2.24, 2.45) is 5.73 Å². The highest BCUT2D eigenvalue weighted by molar-refractivity contribution is 5.98. The van der Waals surface area contributed by atoms with Crippen LogP contribution in [0.4, 0.5) is 10.1 Å². The summed E-state index contributed by atoms with van der Waals surface area (Å²) in [5.41, 5.74) is 4.77. The molecule has 5 heteroatoms. The van der Waals surface area contributed by atoms with Crippen LogP contribution in [0.2, 0.25) is 0 Å². The van der Waals surface area contributed by atoms with Crippen molar-refractivity contribution in [2.75, 3.05) is 11.9 Å². The molecule has 92 valence electrons. The minimum Gasteiger partial charge on any atom is -0.373 e. The first-order chi connectivity index (χ1) is 7.89. The average Bonchev–Trinajstić information content (AvgIpc) is 2.28. The van der Waals surface area contributed by atoms with Gasteiger partial charge in [-0.2, -0.15) is 0 Å². The third-order valence-electron chi connectivity index (χ3n) is 2.22. The van der Waals surface area contributed by atoms with E-state index in [1.54, 1.807) is 13.8 Å². The Balaban J connectivity index is 2.97. The number of rotatable bonds is 5. The number of carbonyl (C=O) groups excluding carboxylic acids is 2. The number of hydrogen-bond donors (Lipinski definition) is 2. The van der Waals surface area contributed by atoms with Crippen molar-refractivity contribution in [1.82, 2.24) is 0 Å². The van der Waals surface area contributed by atoms with Crippen LogP contribution in [0.5, 0.6) is 0 Å². The molecule has 0 saturated heterocycles. The average molecular weight is 238 g/mol. The van der Waals surface area contributed by atoms with Crippen molar-refractivity contribution in [3.63, 3.8) is 0 Å². The van der Waals surface area contributed by atoms with Crippen molar-refractivity contribution in [3.05, 3.63) is 29.6 Å². The van der Waals surface area contributed by atoms with E-state index in [4.69, 9.17) is 5.73 Å². The summed E-state index contributed by atoms with van der Waals surface area (Å²) < 4.78 is 13.6. The molecule has 4 nitrogen and oxygen atoms in total. The van der Waals surface area contributed by atoms with Crippen LogP contribution in [-0.2, 0) is 4.79 Å². The van der Waals surface area contributed by atoms with Gasteiger partial charge in [-0.05, 0) is 32.0 Å². The van der Waals surface area contributed by atoms with Gasteiger partial charge in [0.1, 0.15) is 12.1 Å². The predicted molar refractivity (Wildman–Crippen MR) is 63.6 cm³/mol. The molecule has 1 aromatic rings. The van der Waals surface area contributed by atoms with Crippen molar-refractivity contribution < 1.29 is 14.0 Å². The van der Waals surface area contributed by atoms with Crippen molar-refractivity contribution in [1.29, 1.82) is 0 Å². The summed E-state index contributed by atoms with van der Waals surface area (Å²) in [6.07, 6.45) is 0.726. The predicted octanol–water partition coefficient (Wildman–Crippen LogP) is 1.36. The van der Waals surface area contributed by atoms with Gasteiger partial charge in [0.2, 0.25) is 0 Å². The van der Waals surface area contributed by atoms with Gasteiger partial charge < -0.3 is 15.8 Å². The van der Waals surface area contributed by atoms with Gasteiger partial charge in [-0.1, -0.05) is 0 Å². The molecule has 1 aromatic carbocycles. The smallest absolute Gasteiger partial charge is 0.179 e. The molecule has 0 atom stereocenters. The number of hydrogen-bond acceptors (Lipinski definition) is 4. The van der Waals surface area contributed by atoms with Crippen molar-refractivity contribution >= 4 is 17.8 Å². The summed E-state index contributed by atoms with van der Waals surface area (Å²) in [6, 6.07) is 4.07. The minimum atomic E-state index is -0.786. The van der Waals surface area contributed by atoms with E-state index < -0.39 is 17.1 Å². The fourth-order valence-electron chi connectivity index (χ4n) is 1.33. The van der Waals surface area contributed by atoms with Crippen LogP contribution in [-0.4, -0.2) is 24.2 Å². The Labute approximate surface area is 99.0 Å². The Hall–Kier alpha value is -1.75. The quantitative estimate of drug-likeness (QED) is 0.600. The minimum absolute atomic E-state index is 0.0399. The number of aldehydes is 1. The van der Waals surface area contributed by atoms with E-state index in [-0.39, 0.29) is 12.1 Å². The number of nitrogens with two attached hydrogens (primary N) is 1. The van der Waals surface area contributed by atoms with Gasteiger partial charge in [-0.3, -0.25) is 4.79 Å². The summed E-state index contributed by atoms with van der Waals surface area (Å²) >= 11 is 0. The second-order valence-corrected chi connectivity index (χ2v) is 4.29. The van der Waals surface area contributed by atoms with Gasteiger partial charge in [-0.15, -0.1) is 0 Å². The fourth-order valence-corrected chi connectivity index (χ4v) is 1.33. The Kier molecular flexibility index (Phi) is 3.96. The molecule has 0 heterocycles. The molecule has 0 saturated carbocycles. The molecule has 0 unspecified atom stereocenters. The maximum Gasteiger partial charge on any atom is 0.179 e. The molecule has 1 rings (SSSR count). The number of carbonyl (C=O) groups is 2. The summed E-state index contributed by atoms with van der Waals surface area (Å²) in [4.78, 5) is 22.0. The van der Waals surface area contributed by atoms with Crippen LogP contribution in [0.15, 0.2) is 18.2 Å². The molecule has 0 aliphatic heterocycles. The molecule has 0 spiro atoms. The molecule has 0 amide bonds. The molecule has 0 aromatic heterocycles. The van der Waals surface area contributed by atoms with Gasteiger partial charge in [0, 0.05) is 5.69 Å². The number of anilines is 1. The second-order valence-electron chi connectivity index (χ2n) is 4.29. The Bertz CT molecular complexity index is 444. The first-order valence-corrected chi connectivity index (χ1v) is 5.17. The lowest BCUT2D eigenvalue weighted by molar-refractivity contribution is -0.110. The molecule has 17 heavy (non-hydrogen) atoms. The maximum absolute atomic E-state index is 13.6. The van der Waals surface area contributed by atoms with Gasteiger partial charge in [-0.25, -0.2) is 4.39 Å². The lowest BCUT2D eigenvalue weighted by Gasteiger charge is -2.20. The fraction of sp³-hybridized carbons (Fsp3) is 0.333. The van der Waals surface area contributed by atoms with Gasteiger partial charge in [0.25, 0.3) is 0 Å². The Morgan fingerprint density at radius 3 is 2.65 bits per heavy atom. The Morgan fingerprint density at radius 2 is 2.18 bits per heavy atom. The van der Waals surface area contributed by atoms with Crippen LogP contribution >= 0.6 is 0 Å². The zero-order valence-electron chi connectivity index (χ0n) is 9.79. The molecular formula is C12H15FN2O2. The number of benzene rings is 1. The molecular weight excluding hydrogens is 223 g/mol. The molecule has 0 bridgehead atoms. The lowest BCUT2D eigenvalue weighted by Crippen LogP contribution is -2.32. The van der Waals surface area contributed by atoms with E-state index in [1.165, 1.54) is 18.2 Å². The zero-order valence-corrected chi connectivity index (χ0v) is 9.79. The van der Waals surface area contributed by atoms with Gasteiger partial charge >= 0.3 is 0 Å². The van der Waals surface area contributed by atoms with Gasteiger partial charge in [0.15, 0.2) is 5.78 Å². The largest absolute Gasteiger partial charge is 0.373 e. The van der Waals surface area contributed by atoms with E-state index >= 15 is 0 Å². The molecule has 0 radical (unpaired) electrons. The van der Waals surface area contributed by atoms with Crippen LogP contribution in [0.25, 0.3) is 0 Å². The van der Waals surface area contributed by atoms with Crippen molar-refractivity contribution in [3.8, 4) is 0 Å². The molecule has 0 aliphatic rings. The van der Waals surface area contributed by atoms with E-state index in [0.29, 0.717) is 5.69 Å². The first kappa shape index (κ1) is 13.3. The molecule has 0 aliphatic carbocycles. The summed E-state index contributed by atoms with van der Waals surface area (Å²) in [7, 11) is 0. The number of nitrogens with one attached hydrogen (secondary N) is 1. The highest BCUT2D eigenvalue weighted by atomic mass is 19.1. The normalized spacial score (nSPS) is 11.1. The van der Waals surface area contributed by atoms with Crippen LogP contribution in [0.3, 0.4) is 0 Å². The van der Waals surface area contributed by atoms with Crippen LogP contribution in [0.1, 0.15) is 24.2 Å². The van der Waals surface area contributed by atoms with Crippen LogP contribution < -0.4 is 11.1 Å². The first-order valence-electron chi connectivity index (χ1n) is 5.17. The molecule has 0 fully saturated rings. The highest BCUT2D eigenvalue weighted by Crippen LogP contribution is 2.18. The SMILES string of the molecule is CC(C)(C=O)Nc1ccc(C(=O)CN)c(F)c1. The number of halogens is 1. The number of Topliss-reactive ketones (excluding diaryl/α,β-unsaturated/α-hetero) is 1. The maximum atomic E-state index is 13.6. The van der Waals surface area contributed by atoms with E-state index in [0.717, 1.165) is 6.29 Å². The Morgan fingerprint density at radius 1 is 1.53 bits per heavy atom. The van der Waals surface area contributed by atoms with Crippen molar-refractivity contribution in [2.45, 2.75) is 19.4 Å². The van der Waals surface area contributed by atoms with E-state index in [1.807, 2.05) is 0 Å². The number of ketones is 1. The lowest BCUT2D eigenvalue weighted by atomic mass is 10.1. The van der Waals surface area contributed by atoms with E-state index in [9.17, 15) is 14.0 Å². The highest BCUT2D eigenvalue weighted by Gasteiger charge is 2.17. The third kappa shape index (κ3) is 3.35. The topological polar surface area (TPSA) is 72.2 Å². The van der Waals surface area contributed by atoms with Crippen LogP contribution in [0, 0.1) is 5.82 Å².